The Morgan fingerprint density at radius 2 is 1.52 bits per heavy atom. The van der Waals surface area contributed by atoms with Crippen LogP contribution < -0.4 is 0 Å². The number of hydrogen-bond acceptors (Lipinski definition) is 3. The van der Waals surface area contributed by atoms with Crippen molar-refractivity contribution in [2.45, 2.75) is 39.5 Å². The second kappa shape index (κ2) is 9.42. The summed E-state index contributed by atoms with van der Waals surface area (Å²) in [5, 5.41) is 8.80. The molecule has 169 valence electrons. The molecule has 0 amide bonds. The fraction of sp³-hybridized carbons (Fsp3) is 0.222. The third kappa shape index (κ3) is 4.17. The van der Waals surface area contributed by atoms with Gasteiger partial charge in [0.05, 0.1) is 12.2 Å². The van der Waals surface area contributed by atoms with Crippen LogP contribution in [0.15, 0.2) is 73.3 Å². The van der Waals surface area contributed by atoms with Crippen LogP contribution in [0.25, 0.3) is 33.8 Å². The van der Waals surface area contributed by atoms with Crippen LogP contribution in [0.4, 0.5) is 0 Å². The molecule has 0 spiro atoms. The van der Waals surface area contributed by atoms with Crippen molar-refractivity contribution in [3.63, 3.8) is 0 Å². The molecule has 0 N–H and O–H groups in total. The first-order valence-corrected chi connectivity index (χ1v) is 11.0. The first-order valence-electron chi connectivity index (χ1n) is 11.0. The average Bonchev–Trinajstić information content (AvgIpc) is 3.45. The standard InChI is InChI=1S/C27H26N5.Ir/c1-18(2)22-11-8-12-23(19(3)4)26(22)32-17-29-30-27(32)20-13-14-24-25(15-20)31(16-28-24)21-9-6-5-7-10-21;/h5-12,14-19H,1-4H3;/q-1;. The van der Waals surface area contributed by atoms with Gasteiger partial charge in [-0.1, -0.05) is 64.1 Å². The molecule has 0 aliphatic heterocycles. The van der Waals surface area contributed by atoms with Crippen molar-refractivity contribution < 1.29 is 20.1 Å². The molecule has 6 heteroatoms. The third-order valence-corrected chi connectivity index (χ3v) is 5.89. The van der Waals surface area contributed by atoms with Crippen molar-refractivity contribution in [2.24, 2.45) is 0 Å². The Bertz CT molecular complexity index is 1360. The van der Waals surface area contributed by atoms with Crippen molar-refractivity contribution in [2.75, 3.05) is 0 Å². The minimum absolute atomic E-state index is 0. The van der Waals surface area contributed by atoms with Crippen LogP contribution in [-0.2, 0) is 20.1 Å². The van der Waals surface area contributed by atoms with Crippen LogP contribution in [0, 0.1) is 6.07 Å². The van der Waals surface area contributed by atoms with Crippen molar-refractivity contribution in [3.8, 4) is 22.8 Å². The third-order valence-electron chi connectivity index (χ3n) is 5.89. The van der Waals surface area contributed by atoms with Crippen LogP contribution >= 0.6 is 0 Å². The predicted molar refractivity (Wildman–Crippen MR) is 128 cm³/mol. The van der Waals surface area contributed by atoms with E-state index in [1.165, 1.54) is 16.8 Å². The number of rotatable bonds is 5. The van der Waals surface area contributed by atoms with Gasteiger partial charge in [0.1, 0.15) is 6.33 Å². The van der Waals surface area contributed by atoms with Gasteiger partial charge in [-0.25, -0.2) is 0 Å². The summed E-state index contributed by atoms with van der Waals surface area (Å²) >= 11 is 0. The van der Waals surface area contributed by atoms with E-state index >= 15 is 0 Å². The number of aromatic nitrogens is 5. The zero-order chi connectivity index (χ0) is 22.2. The molecule has 5 nitrogen and oxygen atoms in total. The van der Waals surface area contributed by atoms with Gasteiger partial charge in [0.25, 0.3) is 0 Å². The Labute approximate surface area is 207 Å². The molecule has 0 bridgehead atoms. The molecule has 5 rings (SSSR count). The van der Waals surface area contributed by atoms with Gasteiger partial charge in [0.15, 0.2) is 0 Å². The Balaban J connectivity index is 0.00000259. The summed E-state index contributed by atoms with van der Waals surface area (Å²) in [4.78, 5) is 4.56. The quantitative estimate of drug-likeness (QED) is 0.219. The summed E-state index contributed by atoms with van der Waals surface area (Å²) in [7, 11) is 0. The van der Waals surface area contributed by atoms with Crippen LogP contribution in [-0.4, -0.2) is 24.3 Å². The monoisotopic (exact) mass is 613 g/mol. The normalized spacial score (nSPS) is 11.3. The number of para-hydroxylation sites is 2. The van der Waals surface area contributed by atoms with Gasteiger partial charge in [-0.3, -0.25) is 4.98 Å². The number of nitrogens with zero attached hydrogens (tertiary/aromatic N) is 5. The van der Waals surface area contributed by atoms with Gasteiger partial charge in [-0.05, 0) is 40.6 Å². The molecule has 1 radical (unpaired) electrons. The number of benzene rings is 3. The smallest absolute Gasteiger partial charge is 0.114 e. The fourth-order valence-corrected chi connectivity index (χ4v) is 4.25. The van der Waals surface area contributed by atoms with Gasteiger partial charge >= 0.3 is 0 Å². The van der Waals surface area contributed by atoms with Gasteiger partial charge < -0.3 is 9.13 Å². The van der Waals surface area contributed by atoms with E-state index in [0.29, 0.717) is 11.8 Å². The molecule has 2 aromatic heterocycles. The molecule has 5 aromatic rings. The zero-order valence-corrected chi connectivity index (χ0v) is 21.5. The SMILES string of the molecule is CC(C)c1cccc(C(C)C)c1-n1cnnc1-c1[c-]cc2ncn(-c3ccccc3)c2c1.[Ir]. The van der Waals surface area contributed by atoms with Gasteiger partial charge in [-0.15, -0.1) is 28.9 Å². The summed E-state index contributed by atoms with van der Waals surface area (Å²) in [5.74, 6) is 1.54. The van der Waals surface area contributed by atoms with Crippen molar-refractivity contribution >= 4 is 11.0 Å². The molecular formula is C27H26IrN5-. The maximum Gasteiger partial charge on any atom is 0.114 e. The number of imidazole rings is 1. The van der Waals surface area contributed by atoms with E-state index in [9.17, 15) is 0 Å². The van der Waals surface area contributed by atoms with E-state index in [4.69, 9.17) is 0 Å². The van der Waals surface area contributed by atoms with E-state index in [2.05, 4.69) is 94.5 Å². The topological polar surface area (TPSA) is 48.5 Å². The van der Waals surface area contributed by atoms with E-state index in [-0.39, 0.29) is 20.1 Å². The average molecular weight is 613 g/mol. The Kier molecular flexibility index (Phi) is 6.59. The second-order valence-electron chi connectivity index (χ2n) is 8.69. The van der Waals surface area contributed by atoms with E-state index < -0.39 is 0 Å². The van der Waals surface area contributed by atoms with Crippen LogP contribution in [0.3, 0.4) is 0 Å². The molecule has 0 fully saturated rings. The summed E-state index contributed by atoms with van der Waals surface area (Å²) in [6.07, 6.45) is 3.67. The van der Waals surface area contributed by atoms with Crippen molar-refractivity contribution in [1.82, 2.24) is 24.3 Å². The molecule has 0 aliphatic carbocycles. The predicted octanol–water partition coefficient (Wildman–Crippen LogP) is 6.32. The minimum atomic E-state index is 0. The molecule has 3 aromatic carbocycles. The van der Waals surface area contributed by atoms with E-state index in [0.717, 1.165) is 28.1 Å². The van der Waals surface area contributed by atoms with Crippen LogP contribution in [0.1, 0.15) is 50.7 Å². The minimum Gasteiger partial charge on any atom is -0.322 e. The Hall–Kier alpha value is -3.08. The molecular weight excluding hydrogens is 587 g/mol. The molecule has 33 heavy (non-hydrogen) atoms. The molecule has 0 saturated carbocycles. The first-order chi connectivity index (χ1) is 15.5. The maximum absolute atomic E-state index is 4.56. The largest absolute Gasteiger partial charge is 0.322 e. The number of hydrogen-bond donors (Lipinski definition) is 0. The molecule has 0 atom stereocenters. The van der Waals surface area contributed by atoms with E-state index in [1.54, 1.807) is 0 Å². The van der Waals surface area contributed by atoms with Gasteiger partial charge in [0, 0.05) is 37.0 Å². The second-order valence-corrected chi connectivity index (χ2v) is 8.69. The summed E-state index contributed by atoms with van der Waals surface area (Å²) in [6.45, 7) is 8.90. The molecule has 0 saturated heterocycles. The molecule has 0 aliphatic rings. The van der Waals surface area contributed by atoms with Crippen molar-refractivity contribution in [3.05, 3.63) is 90.5 Å². The van der Waals surface area contributed by atoms with E-state index in [1.807, 2.05) is 36.9 Å². The molecule has 0 unspecified atom stereocenters. The van der Waals surface area contributed by atoms with Gasteiger partial charge in [0.2, 0.25) is 0 Å². The summed E-state index contributed by atoms with van der Waals surface area (Å²) < 4.78 is 4.21. The summed E-state index contributed by atoms with van der Waals surface area (Å²) in [5.41, 5.74) is 7.61. The Morgan fingerprint density at radius 3 is 2.18 bits per heavy atom. The van der Waals surface area contributed by atoms with Crippen LogP contribution in [0.5, 0.6) is 0 Å². The zero-order valence-electron chi connectivity index (χ0n) is 19.2. The summed E-state index contributed by atoms with van der Waals surface area (Å²) in [6, 6.07) is 24.2. The first kappa shape index (κ1) is 23.1. The molecule has 2 heterocycles. The van der Waals surface area contributed by atoms with Crippen LogP contribution in [0.2, 0.25) is 0 Å². The maximum atomic E-state index is 4.56. The fourth-order valence-electron chi connectivity index (χ4n) is 4.25. The number of fused-ring (bicyclic) bond motifs is 1. The van der Waals surface area contributed by atoms with Crippen molar-refractivity contribution in [1.29, 1.82) is 0 Å². The Morgan fingerprint density at radius 1 is 0.818 bits per heavy atom. The van der Waals surface area contributed by atoms with Gasteiger partial charge in [-0.2, -0.15) is 5.10 Å².